The van der Waals surface area contributed by atoms with E-state index in [4.69, 9.17) is 5.73 Å². The lowest BCUT2D eigenvalue weighted by molar-refractivity contribution is -0.141. The van der Waals surface area contributed by atoms with Gasteiger partial charge in [-0.1, -0.05) is 30.3 Å². The zero-order valence-corrected chi connectivity index (χ0v) is 21.4. The molecule has 2 fully saturated rings. The lowest BCUT2D eigenvalue weighted by Gasteiger charge is -2.44. The summed E-state index contributed by atoms with van der Waals surface area (Å²) in [5.41, 5.74) is 7.32. The van der Waals surface area contributed by atoms with Gasteiger partial charge in [0, 0.05) is 55.5 Å². The number of alkyl carbamates (subject to hydrolysis) is 1. The molecule has 0 bridgehead atoms. The molecule has 5 N–H and O–H groups in total. The molecule has 37 heavy (non-hydrogen) atoms. The highest BCUT2D eigenvalue weighted by Gasteiger charge is 2.44. The number of nitrogens with two attached hydrogens (primary N) is 1. The van der Waals surface area contributed by atoms with E-state index in [0.717, 1.165) is 29.5 Å². The number of piperidine rings is 1. The van der Waals surface area contributed by atoms with E-state index in [2.05, 4.69) is 15.0 Å². The molecule has 2 heterocycles. The quantitative estimate of drug-likeness (QED) is 0.400. The smallest absolute Gasteiger partial charge is 0.406 e. The lowest BCUT2D eigenvalue weighted by Crippen LogP contribution is -2.49. The molecule has 1 aliphatic heterocycles. The molecular weight excluding hydrogens is 472 g/mol. The van der Waals surface area contributed by atoms with E-state index in [1.54, 1.807) is 12.4 Å². The van der Waals surface area contributed by atoms with Crippen molar-refractivity contribution in [1.82, 2.24) is 15.2 Å². The van der Waals surface area contributed by atoms with E-state index in [1.807, 2.05) is 41.3 Å². The highest BCUT2D eigenvalue weighted by Crippen LogP contribution is 2.43. The Kier molecular flexibility index (Phi) is 8.79. The normalized spacial score (nSPS) is 25.4. The van der Waals surface area contributed by atoms with Crippen LogP contribution in [0.25, 0.3) is 11.1 Å². The second-order valence-electron chi connectivity index (χ2n) is 10.3. The Hall–Kier alpha value is -3.01. The summed E-state index contributed by atoms with van der Waals surface area (Å²) < 4.78 is 4.67. The number of aliphatic hydroxyl groups excluding tert-OH is 1. The fraction of sp³-hybridized carbons (Fsp3) is 0.536. The van der Waals surface area contributed by atoms with Gasteiger partial charge < -0.3 is 30.9 Å². The summed E-state index contributed by atoms with van der Waals surface area (Å²) in [6, 6.07) is 11.3. The van der Waals surface area contributed by atoms with Crippen molar-refractivity contribution in [2.45, 2.75) is 56.3 Å². The number of amides is 2. The summed E-state index contributed by atoms with van der Waals surface area (Å²) in [4.78, 5) is 31.0. The third-order valence-corrected chi connectivity index (χ3v) is 7.89. The molecule has 2 aliphatic rings. The molecule has 1 aliphatic carbocycles. The molecule has 0 unspecified atom stereocenters. The second kappa shape index (κ2) is 12.0. The van der Waals surface area contributed by atoms with Gasteiger partial charge in [-0.15, -0.1) is 0 Å². The molecule has 1 saturated carbocycles. The number of pyridine rings is 1. The minimum atomic E-state index is -1.24. The molecule has 1 aromatic heterocycles. The first-order valence-electron chi connectivity index (χ1n) is 13.1. The maximum Gasteiger partial charge on any atom is 0.406 e. The minimum absolute atomic E-state index is 0.00644. The molecule has 4 rings (SSSR count). The fourth-order valence-corrected chi connectivity index (χ4v) is 5.89. The molecular formula is C28H38N4O5. The number of methoxy groups -OCH3 is 1. The number of aromatic nitrogens is 1. The standard InChI is InChI=1S/C28H38N4O5/c1-37-27(35)31-13-6-11-28(36,23-10-3-2-9-22(23)19-7-4-12-30-17-19)21-8-5-14-32(18-21)26(34)20-15-24(29)25(33)16-20/h2-4,7,9-10,12,17,20-21,24-25,33,36H,5-6,8,11,13-16,18,29H2,1H3,(H,31,35)/t20-,21+,24+,25-,28-/m0/s1. The highest BCUT2D eigenvalue weighted by atomic mass is 16.5. The summed E-state index contributed by atoms with van der Waals surface area (Å²) >= 11 is 0. The molecule has 2 aromatic rings. The number of carbonyl (C=O) groups is 2. The third kappa shape index (κ3) is 6.11. The maximum absolute atomic E-state index is 13.4. The predicted molar refractivity (Wildman–Crippen MR) is 139 cm³/mol. The first-order chi connectivity index (χ1) is 17.8. The van der Waals surface area contributed by atoms with E-state index in [0.29, 0.717) is 45.3 Å². The largest absolute Gasteiger partial charge is 0.453 e. The average Bonchev–Trinajstić information content (AvgIpc) is 3.28. The number of nitrogens with zero attached hydrogens (tertiary/aromatic N) is 2. The van der Waals surface area contributed by atoms with Crippen LogP contribution in [0.15, 0.2) is 48.8 Å². The number of aliphatic hydroxyl groups is 2. The Balaban J connectivity index is 1.61. The van der Waals surface area contributed by atoms with Crippen molar-refractivity contribution in [3.63, 3.8) is 0 Å². The first-order valence-corrected chi connectivity index (χ1v) is 13.1. The molecule has 9 heteroatoms. The summed E-state index contributed by atoms with van der Waals surface area (Å²) in [5, 5.41) is 25.2. The van der Waals surface area contributed by atoms with Gasteiger partial charge in [0.05, 0.1) is 18.8 Å². The van der Waals surface area contributed by atoms with Crippen LogP contribution in [0, 0.1) is 11.8 Å². The molecule has 9 nitrogen and oxygen atoms in total. The van der Waals surface area contributed by atoms with E-state index in [-0.39, 0.29) is 23.8 Å². The van der Waals surface area contributed by atoms with Gasteiger partial charge in [0.2, 0.25) is 5.91 Å². The molecule has 1 aromatic carbocycles. The van der Waals surface area contributed by atoms with Crippen LogP contribution in [0.1, 0.15) is 44.1 Å². The Morgan fingerprint density at radius 1 is 1.24 bits per heavy atom. The molecule has 2 amide bonds. The van der Waals surface area contributed by atoms with Crippen molar-refractivity contribution in [2.24, 2.45) is 17.6 Å². The van der Waals surface area contributed by atoms with Crippen molar-refractivity contribution < 1.29 is 24.5 Å². The van der Waals surface area contributed by atoms with Crippen LogP contribution in [-0.2, 0) is 15.1 Å². The number of nitrogens with one attached hydrogen (secondary N) is 1. The second-order valence-corrected chi connectivity index (χ2v) is 10.3. The monoisotopic (exact) mass is 510 g/mol. The average molecular weight is 511 g/mol. The van der Waals surface area contributed by atoms with Gasteiger partial charge in [-0.3, -0.25) is 9.78 Å². The van der Waals surface area contributed by atoms with Gasteiger partial charge in [0.1, 0.15) is 0 Å². The number of carbonyl (C=O) groups excluding carboxylic acids is 2. The van der Waals surface area contributed by atoms with Crippen molar-refractivity contribution in [2.75, 3.05) is 26.7 Å². The van der Waals surface area contributed by atoms with Crippen LogP contribution in [0.2, 0.25) is 0 Å². The number of likely N-dealkylation sites (tertiary alicyclic amines) is 1. The third-order valence-electron chi connectivity index (χ3n) is 7.89. The molecule has 200 valence electrons. The summed E-state index contributed by atoms with van der Waals surface area (Å²) in [6.45, 7) is 1.40. The van der Waals surface area contributed by atoms with Crippen LogP contribution in [-0.4, -0.2) is 71.0 Å². The van der Waals surface area contributed by atoms with Crippen LogP contribution in [0.4, 0.5) is 4.79 Å². The van der Waals surface area contributed by atoms with Crippen molar-refractivity contribution in [1.29, 1.82) is 0 Å². The van der Waals surface area contributed by atoms with Gasteiger partial charge in [-0.2, -0.15) is 0 Å². The van der Waals surface area contributed by atoms with E-state index in [9.17, 15) is 19.8 Å². The molecule has 0 spiro atoms. The summed E-state index contributed by atoms with van der Waals surface area (Å²) in [5.74, 6) is -0.489. The first kappa shape index (κ1) is 27.0. The van der Waals surface area contributed by atoms with Gasteiger partial charge in [-0.25, -0.2) is 4.79 Å². The molecule has 1 saturated heterocycles. The van der Waals surface area contributed by atoms with Gasteiger partial charge in [-0.05, 0) is 55.7 Å². The zero-order chi connectivity index (χ0) is 26.4. The summed E-state index contributed by atoms with van der Waals surface area (Å²) in [6.07, 6.45) is 5.66. The molecule has 5 atom stereocenters. The van der Waals surface area contributed by atoms with Crippen molar-refractivity contribution >= 4 is 12.0 Å². The van der Waals surface area contributed by atoms with Crippen LogP contribution in [0.5, 0.6) is 0 Å². The van der Waals surface area contributed by atoms with E-state index in [1.165, 1.54) is 7.11 Å². The van der Waals surface area contributed by atoms with Crippen molar-refractivity contribution in [3.8, 4) is 11.1 Å². The minimum Gasteiger partial charge on any atom is -0.453 e. The van der Waals surface area contributed by atoms with Crippen LogP contribution < -0.4 is 11.1 Å². The van der Waals surface area contributed by atoms with Crippen LogP contribution >= 0.6 is 0 Å². The number of benzene rings is 1. The Bertz CT molecular complexity index is 1060. The highest BCUT2D eigenvalue weighted by molar-refractivity contribution is 5.79. The Morgan fingerprint density at radius 3 is 2.76 bits per heavy atom. The molecule has 0 radical (unpaired) electrons. The topological polar surface area (TPSA) is 138 Å². The Morgan fingerprint density at radius 2 is 2.05 bits per heavy atom. The number of ether oxygens (including phenoxy) is 1. The van der Waals surface area contributed by atoms with Crippen molar-refractivity contribution in [3.05, 3.63) is 54.4 Å². The predicted octanol–water partition coefficient (Wildman–Crippen LogP) is 2.41. The lowest BCUT2D eigenvalue weighted by atomic mass is 9.72. The number of hydrogen-bond acceptors (Lipinski definition) is 7. The van der Waals surface area contributed by atoms with Gasteiger partial charge in [0.15, 0.2) is 0 Å². The SMILES string of the molecule is COC(=O)NCCC[C@@](O)(c1ccccc1-c1cccnc1)[C@@H]1CCCN(C(=O)[C@H]2C[C@@H](N)[C@@H](O)C2)C1. The number of hydrogen-bond donors (Lipinski definition) is 4. The van der Waals surface area contributed by atoms with E-state index >= 15 is 0 Å². The Labute approximate surface area is 218 Å². The van der Waals surface area contributed by atoms with Crippen LogP contribution in [0.3, 0.4) is 0 Å². The van der Waals surface area contributed by atoms with Gasteiger partial charge >= 0.3 is 6.09 Å². The maximum atomic E-state index is 13.4. The summed E-state index contributed by atoms with van der Waals surface area (Å²) in [7, 11) is 1.32. The number of rotatable bonds is 8. The van der Waals surface area contributed by atoms with Gasteiger partial charge in [0.25, 0.3) is 0 Å². The zero-order valence-electron chi connectivity index (χ0n) is 21.4. The van der Waals surface area contributed by atoms with E-state index < -0.39 is 17.8 Å². The fourth-order valence-electron chi connectivity index (χ4n) is 5.89.